The molecule has 0 radical (unpaired) electrons. The Morgan fingerprint density at radius 1 is 0.763 bits per heavy atom. The number of aromatic nitrogens is 5. The summed E-state index contributed by atoms with van der Waals surface area (Å²) in [6.07, 6.45) is 21.0. The largest absolute Gasteiger partial charge is 0.460 e. The van der Waals surface area contributed by atoms with Crippen molar-refractivity contribution >= 4 is 22.0 Å². The molecule has 2 aliphatic carbocycles. The normalized spacial score (nSPS) is 16.8. The average molecular weight is 844 g/mol. The van der Waals surface area contributed by atoms with Crippen molar-refractivity contribution in [2.45, 2.75) is 198 Å². The molecule has 3 aromatic heterocycles. The number of nitrogens with one attached hydrogen (secondary N) is 1. The Bertz CT molecular complexity index is 1790. The third kappa shape index (κ3) is 18.2. The highest BCUT2D eigenvalue weighted by atomic mass is 32.2. The SMILES string of the molecule is CC(C)(C)OC(=O)C[C@@H](CCCC1CCCCC1)c1nc(CN)no1.CC(C)(C)OC(=O)C[C@@H](CCCC1CCCCC1)c1nc(CNS(=O)(=O)c2ccccn2)no1. The minimum Gasteiger partial charge on any atom is -0.460 e. The van der Waals surface area contributed by atoms with E-state index >= 15 is 0 Å². The smallest absolute Gasteiger partial charge is 0.307 e. The van der Waals surface area contributed by atoms with E-state index in [1.807, 2.05) is 41.5 Å². The highest BCUT2D eigenvalue weighted by Crippen LogP contribution is 2.33. The van der Waals surface area contributed by atoms with Gasteiger partial charge >= 0.3 is 11.9 Å². The van der Waals surface area contributed by atoms with Crippen LogP contribution in [0.5, 0.6) is 0 Å². The van der Waals surface area contributed by atoms with Gasteiger partial charge in [0.1, 0.15) is 11.2 Å². The zero-order valence-electron chi connectivity index (χ0n) is 36.2. The molecule has 0 saturated heterocycles. The number of sulfonamides is 1. The molecular formula is C43H69N7O8S. The summed E-state index contributed by atoms with van der Waals surface area (Å²) in [5.74, 6) is 2.21. The van der Waals surface area contributed by atoms with Crippen LogP contribution in [-0.2, 0) is 42.2 Å². The zero-order chi connectivity index (χ0) is 42.9. The van der Waals surface area contributed by atoms with Gasteiger partial charge in [-0.1, -0.05) is 106 Å². The molecule has 0 aromatic carbocycles. The molecule has 5 rings (SSSR count). The quantitative estimate of drug-likeness (QED) is 0.108. The molecule has 2 atom stereocenters. The van der Waals surface area contributed by atoms with Crippen molar-refractivity contribution in [3.05, 3.63) is 47.8 Å². The first-order chi connectivity index (χ1) is 28.0. The van der Waals surface area contributed by atoms with E-state index in [1.165, 1.54) is 82.9 Å². The van der Waals surface area contributed by atoms with Crippen molar-refractivity contribution in [1.82, 2.24) is 30.0 Å². The standard InChI is InChI=1S/C24H36N4O5S.C19H33N3O3/c1-24(2,3)32-22(29)16-19(13-9-12-18-10-5-4-6-11-18)23-27-20(28-33-23)17-26-34(30,31)21-14-7-8-15-25-21;1-19(2,3)24-17(23)12-15(18-21-16(13-20)22-25-18)11-7-10-14-8-5-4-6-9-14/h7-8,14-15,18-19,26H,4-6,9-13,16-17H2,1-3H3;14-15H,4-13,20H2,1-3H3/t19-;15-/m11/s1. The maximum Gasteiger partial charge on any atom is 0.307 e. The van der Waals surface area contributed by atoms with E-state index in [-0.39, 0.29) is 60.6 Å². The number of hydrogen-bond donors (Lipinski definition) is 2. The molecule has 2 aliphatic rings. The first-order valence-corrected chi connectivity index (χ1v) is 23.2. The Morgan fingerprint density at radius 2 is 1.24 bits per heavy atom. The van der Waals surface area contributed by atoms with Gasteiger partial charge in [0.25, 0.3) is 10.0 Å². The Labute approximate surface area is 351 Å². The van der Waals surface area contributed by atoms with Gasteiger partial charge in [-0.05, 0) is 78.4 Å². The Hall–Kier alpha value is -3.76. The average Bonchev–Trinajstić information content (AvgIpc) is 3.87. The zero-order valence-corrected chi connectivity index (χ0v) is 37.1. The summed E-state index contributed by atoms with van der Waals surface area (Å²) in [4.78, 5) is 37.4. The number of esters is 2. The van der Waals surface area contributed by atoms with Crippen molar-refractivity contribution in [2.75, 3.05) is 0 Å². The van der Waals surface area contributed by atoms with E-state index in [0.717, 1.165) is 43.9 Å². The molecule has 15 nitrogen and oxygen atoms in total. The predicted octanol–water partition coefficient (Wildman–Crippen LogP) is 8.60. The molecule has 0 amide bonds. The third-order valence-corrected chi connectivity index (χ3v) is 11.9. The number of ether oxygens (including phenoxy) is 2. The summed E-state index contributed by atoms with van der Waals surface area (Å²) in [6.45, 7) is 11.2. The number of nitrogens with zero attached hydrogens (tertiary/aromatic N) is 5. The monoisotopic (exact) mass is 843 g/mol. The number of hydrogen-bond acceptors (Lipinski definition) is 14. The van der Waals surface area contributed by atoms with Crippen molar-refractivity contribution in [1.29, 1.82) is 0 Å². The summed E-state index contributed by atoms with van der Waals surface area (Å²) >= 11 is 0. The van der Waals surface area contributed by atoms with Crippen LogP contribution in [0.3, 0.4) is 0 Å². The molecule has 0 unspecified atom stereocenters. The van der Waals surface area contributed by atoms with Gasteiger partial charge in [0.2, 0.25) is 11.8 Å². The molecule has 59 heavy (non-hydrogen) atoms. The fourth-order valence-corrected chi connectivity index (χ4v) is 8.74. The Balaban J connectivity index is 0.000000273. The van der Waals surface area contributed by atoms with E-state index < -0.39 is 21.2 Å². The minimum absolute atomic E-state index is 0.0794. The van der Waals surface area contributed by atoms with Crippen LogP contribution in [0.15, 0.2) is 38.5 Å². The van der Waals surface area contributed by atoms with Gasteiger partial charge in [-0.15, -0.1) is 0 Å². The maximum absolute atomic E-state index is 12.5. The Morgan fingerprint density at radius 3 is 1.66 bits per heavy atom. The van der Waals surface area contributed by atoms with E-state index in [9.17, 15) is 18.0 Å². The highest BCUT2D eigenvalue weighted by Gasteiger charge is 2.28. The van der Waals surface area contributed by atoms with Crippen LogP contribution >= 0.6 is 0 Å². The number of carbonyl (C=O) groups excluding carboxylic acids is 2. The fourth-order valence-electron chi connectivity index (χ4n) is 7.81. The van der Waals surface area contributed by atoms with Crippen LogP contribution in [0.2, 0.25) is 0 Å². The van der Waals surface area contributed by atoms with E-state index in [0.29, 0.717) is 17.6 Å². The summed E-state index contributed by atoms with van der Waals surface area (Å²) in [7, 11) is -3.79. The molecule has 0 aliphatic heterocycles. The maximum atomic E-state index is 12.5. The lowest BCUT2D eigenvalue weighted by Gasteiger charge is -2.23. The second-order valence-corrected chi connectivity index (χ2v) is 19.9. The molecule has 330 valence electrons. The molecule has 16 heteroatoms. The lowest BCUT2D eigenvalue weighted by atomic mass is 9.84. The molecule has 3 N–H and O–H groups in total. The van der Waals surface area contributed by atoms with Gasteiger partial charge in [0.15, 0.2) is 16.7 Å². The van der Waals surface area contributed by atoms with Crippen molar-refractivity contribution in [2.24, 2.45) is 17.6 Å². The van der Waals surface area contributed by atoms with Crippen LogP contribution in [0.25, 0.3) is 0 Å². The van der Waals surface area contributed by atoms with Crippen LogP contribution in [0, 0.1) is 11.8 Å². The van der Waals surface area contributed by atoms with E-state index in [1.54, 1.807) is 12.1 Å². The number of rotatable bonds is 19. The van der Waals surface area contributed by atoms with Crippen molar-refractivity contribution in [3.8, 4) is 0 Å². The fraction of sp³-hybridized carbons (Fsp3) is 0.744. The van der Waals surface area contributed by atoms with Crippen molar-refractivity contribution < 1.29 is 36.5 Å². The Kier molecular flexibility index (Phi) is 18.9. The molecular weight excluding hydrogens is 775 g/mol. The number of pyridine rings is 1. The van der Waals surface area contributed by atoms with Crippen molar-refractivity contribution in [3.63, 3.8) is 0 Å². The molecule has 0 spiro atoms. The lowest BCUT2D eigenvalue weighted by molar-refractivity contribution is -0.156. The molecule has 0 bridgehead atoms. The van der Waals surface area contributed by atoms with Crippen LogP contribution in [0.1, 0.15) is 192 Å². The number of nitrogens with two attached hydrogens (primary N) is 1. The molecule has 2 fully saturated rings. The van der Waals surface area contributed by atoms with Gasteiger partial charge in [-0.25, -0.2) is 18.1 Å². The summed E-state index contributed by atoms with van der Waals surface area (Å²) < 4.78 is 49.0. The highest BCUT2D eigenvalue weighted by molar-refractivity contribution is 7.89. The summed E-state index contributed by atoms with van der Waals surface area (Å²) in [6, 6.07) is 4.65. The summed E-state index contributed by atoms with van der Waals surface area (Å²) in [5, 5.41) is 7.72. The van der Waals surface area contributed by atoms with Gasteiger partial charge in [-0.2, -0.15) is 9.97 Å². The van der Waals surface area contributed by atoms with E-state index in [4.69, 9.17) is 24.3 Å². The van der Waals surface area contributed by atoms with Gasteiger partial charge < -0.3 is 24.3 Å². The van der Waals surface area contributed by atoms with E-state index in [2.05, 4.69) is 30.0 Å². The lowest BCUT2D eigenvalue weighted by Crippen LogP contribution is -2.25. The number of carbonyl (C=O) groups is 2. The molecule has 3 heterocycles. The van der Waals surface area contributed by atoms with Crippen LogP contribution < -0.4 is 10.5 Å². The first-order valence-electron chi connectivity index (χ1n) is 21.7. The van der Waals surface area contributed by atoms with Gasteiger partial charge in [0, 0.05) is 18.0 Å². The van der Waals surface area contributed by atoms with Crippen LogP contribution in [0.4, 0.5) is 0 Å². The third-order valence-electron chi connectivity index (χ3n) is 10.6. The first kappa shape index (κ1) is 47.9. The van der Waals surface area contributed by atoms with Crippen LogP contribution in [-0.4, -0.2) is 56.8 Å². The second kappa shape index (κ2) is 23.3. The molecule has 2 saturated carbocycles. The van der Waals surface area contributed by atoms with Gasteiger partial charge in [-0.3, -0.25) is 9.59 Å². The summed E-state index contributed by atoms with van der Waals surface area (Å²) in [5.41, 5.74) is 4.51. The predicted molar refractivity (Wildman–Crippen MR) is 222 cm³/mol. The second-order valence-electron chi connectivity index (χ2n) is 18.1. The topological polar surface area (TPSA) is 216 Å². The minimum atomic E-state index is -3.79. The molecule has 3 aromatic rings. The van der Waals surface area contributed by atoms with Gasteiger partial charge in [0.05, 0.1) is 25.9 Å².